The molecule has 0 radical (unpaired) electrons. The van der Waals surface area contributed by atoms with E-state index in [1.807, 2.05) is 30.5 Å². The molecule has 4 heterocycles. The fourth-order valence-electron chi connectivity index (χ4n) is 9.15. The highest BCUT2D eigenvalue weighted by Crippen LogP contribution is 2.53. The van der Waals surface area contributed by atoms with E-state index >= 15 is 0 Å². The molecule has 0 bridgehead atoms. The first-order valence-electron chi connectivity index (χ1n) is 19.0. The SMILES string of the molecule is COc1ccc(C(C)N2CCN(C3CC4(CCN(c5ccc(C=O)c(Oc6cnc7[nH]ccc7c6)c5)CC4)C3)C(c3ccccc3C(C)C)C2)cc1. The van der Waals surface area contributed by atoms with E-state index in [0.717, 1.165) is 61.5 Å². The number of piperazine rings is 1. The van der Waals surface area contributed by atoms with E-state index in [1.54, 1.807) is 13.3 Å². The number of aromatic amines is 1. The van der Waals surface area contributed by atoms with E-state index in [1.165, 1.54) is 42.4 Å². The van der Waals surface area contributed by atoms with Gasteiger partial charge in [0.15, 0.2) is 6.29 Å². The highest BCUT2D eigenvalue weighted by Gasteiger charge is 2.50. The third-order valence-corrected chi connectivity index (χ3v) is 12.3. The fourth-order valence-corrected chi connectivity index (χ4v) is 9.15. The minimum atomic E-state index is 0.338. The summed E-state index contributed by atoms with van der Waals surface area (Å²) in [6, 6.07) is 29.0. The van der Waals surface area contributed by atoms with Crippen LogP contribution in [-0.2, 0) is 0 Å². The number of carbonyl (C=O) groups excluding carboxylic acids is 1. The van der Waals surface area contributed by atoms with Gasteiger partial charge in [0.2, 0.25) is 0 Å². The Bertz CT molecular complexity index is 2010. The number of hydrogen-bond donors (Lipinski definition) is 1. The van der Waals surface area contributed by atoms with Gasteiger partial charge in [-0.1, -0.05) is 50.2 Å². The summed E-state index contributed by atoms with van der Waals surface area (Å²) < 4.78 is 11.7. The van der Waals surface area contributed by atoms with E-state index in [4.69, 9.17) is 9.47 Å². The number of hydrogen-bond acceptors (Lipinski definition) is 7. The maximum atomic E-state index is 11.9. The Hall–Kier alpha value is -4.66. The van der Waals surface area contributed by atoms with E-state index in [-0.39, 0.29) is 0 Å². The summed E-state index contributed by atoms with van der Waals surface area (Å²) in [5.41, 5.74) is 7.18. The molecular formula is C44H51N5O3. The highest BCUT2D eigenvalue weighted by molar-refractivity contribution is 5.81. The normalized spacial score (nSPS) is 20.2. The second-order valence-corrected chi connectivity index (χ2v) is 15.6. The Morgan fingerprint density at radius 2 is 1.69 bits per heavy atom. The molecule has 2 saturated heterocycles. The lowest BCUT2D eigenvalue weighted by Crippen LogP contribution is -2.60. The van der Waals surface area contributed by atoms with Crippen LogP contribution in [0.15, 0.2) is 91.3 Å². The van der Waals surface area contributed by atoms with Crippen molar-refractivity contribution in [2.45, 2.75) is 70.5 Å². The van der Waals surface area contributed by atoms with Crippen molar-refractivity contribution in [2.24, 2.45) is 5.41 Å². The van der Waals surface area contributed by atoms with Gasteiger partial charge < -0.3 is 19.4 Å². The van der Waals surface area contributed by atoms with Crippen molar-refractivity contribution in [3.8, 4) is 17.2 Å². The van der Waals surface area contributed by atoms with E-state index in [0.29, 0.717) is 46.5 Å². The predicted molar refractivity (Wildman–Crippen MR) is 208 cm³/mol. The van der Waals surface area contributed by atoms with Crippen molar-refractivity contribution in [1.29, 1.82) is 0 Å². The van der Waals surface area contributed by atoms with Crippen LogP contribution in [0.3, 0.4) is 0 Å². The smallest absolute Gasteiger partial charge is 0.153 e. The molecule has 2 aliphatic heterocycles. The molecule has 1 aliphatic carbocycles. The van der Waals surface area contributed by atoms with Gasteiger partial charge in [0.25, 0.3) is 0 Å². The van der Waals surface area contributed by atoms with Crippen molar-refractivity contribution in [3.05, 3.63) is 114 Å². The lowest BCUT2D eigenvalue weighted by Gasteiger charge is -2.58. The first-order chi connectivity index (χ1) is 25.3. The number of benzene rings is 3. The maximum Gasteiger partial charge on any atom is 0.153 e. The molecule has 0 amide bonds. The number of fused-ring (bicyclic) bond motifs is 1. The molecule has 52 heavy (non-hydrogen) atoms. The first-order valence-corrected chi connectivity index (χ1v) is 19.0. The van der Waals surface area contributed by atoms with Crippen LogP contribution in [0.1, 0.15) is 91.5 Å². The fraction of sp³-hybridized carbons (Fsp3) is 0.409. The molecule has 2 aromatic heterocycles. The summed E-state index contributed by atoms with van der Waals surface area (Å²) in [7, 11) is 1.73. The minimum Gasteiger partial charge on any atom is -0.497 e. The number of methoxy groups -OCH3 is 1. The minimum absolute atomic E-state index is 0.338. The van der Waals surface area contributed by atoms with Crippen LogP contribution < -0.4 is 14.4 Å². The highest BCUT2D eigenvalue weighted by atomic mass is 16.5. The van der Waals surface area contributed by atoms with Crippen molar-refractivity contribution in [3.63, 3.8) is 0 Å². The maximum absolute atomic E-state index is 11.9. The molecule has 3 aliphatic rings. The Balaban J connectivity index is 0.949. The summed E-state index contributed by atoms with van der Waals surface area (Å²) in [6.07, 6.45) is 9.33. The van der Waals surface area contributed by atoms with Gasteiger partial charge >= 0.3 is 0 Å². The van der Waals surface area contributed by atoms with Gasteiger partial charge in [-0.2, -0.15) is 0 Å². The van der Waals surface area contributed by atoms with Gasteiger partial charge in [0, 0.05) is 74.2 Å². The number of anilines is 1. The van der Waals surface area contributed by atoms with Crippen molar-refractivity contribution in [2.75, 3.05) is 44.7 Å². The molecule has 2 atom stereocenters. The van der Waals surface area contributed by atoms with Crippen LogP contribution in [-0.4, -0.2) is 71.9 Å². The number of H-pyrrole nitrogens is 1. The van der Waals surface area contributed by atoms with Gasteiger partial charge in [-0.25, -0.2) is 4.98 Å². The molecule has 1 N–H and O–H groups in total. The number of ether oxygens (including phenoxy) is 2. The van der Waals surface area contributed by atoms with Crippen LogP contribution in [0.25, 0.3) is 11.0 Å². The topological polar surface area (TPSA) is 73.9 Å². The number of pyridine rings is 1. The van der Waals surface area contributed by atoms with Gasteiger partial charge in [-0.15, -0.1) is 0 Å². The standard InChI is InChI=1S/C44H51N5O3/c1-30(2)39-7-5-6-8-40(39)41-28-48(31(3)32-10-13-37(51-4)14-11-32)21-22-49(41)36-25-44(26-36)16-19-47(20-17-44)35-12-9-34(29-50)42(24-35)52-38-23-33-15-18-45-43(33)46-27-38/h5-15,18,23-24,27,29-31,36,41H,16-17,19-22,25-26,28H2,1-4H3,(H,45,46). The number of aromatic nitrogens is 2. The zero-order valence-corrected chi connectivity index (χ0v) is 30.9. The van der Waals surface area contributed by atoms with E-state index in [2.05, 4.69) is 100 Å². The summed E-state index contributed by atoms with van der Waals surface area (Å²) in [5, 5.41) is 0.974. The molecular weight excluding hydrogens is 647 g/mol. The van der Waals surface area contributed by atoms with Crippen LogP contribution in [0.5, 0.6) is 17.2 Å². The molecule has 5 aromatic rings. The zero-order valence-electron chi connectivity index (χ0n) is 30.9. The summed E-state index contributed by atoms with van der Waals surface area (Å²) in [6.45, 7) is 12.2. The van der Waals surface area contributed by atoms with E-state index in [9.17, 15) is 4.79 Å². The molecule has 3 aromatic carbocycles. The Morgan fingerprint density at radius 3 is 2.44 bits per heavy atom. The van der Waals surface area contributed by atoms with Crippen LogP contribution >= 0.6 is 0 Å². The zero-order chi connectivity index (χ0) is 35.8. The number of rotatable bonds is 10. The Kier molecular flexibility index (Phi) is 9.53. The van der Waals surface area contributed by atoms with Crippen LogP contribution in [0, 0.1) is 5.41 Å². The summed E-state index contributed by atoms with van der Waals surface area (Å²) >= 11 is 0. The van der Waals surface area contributed by atoms with Gasteiger partial charge in [-0.3, -0.25) is 14.6 Å². The molecule has 1 spiro atoms. The predicted octanol–water partition coefficient (Wildman–Crippen LogP) is 9.17. The van der Waals surface area contributed by atoms with Gasteiger partial charge in [0.05, 0.1) is 18.9 Å². The van der Waals surface area contributed by atoms with E-state index < -0.39 is 0 Å². The number of aldehydes is 1. The number of piperidine rings is 1. The third kappa shape index (κ3) is 6.70. The van der Waals surface area contributed by atoms with Gasteiger partial charge in [-0.05, 0) is 97.0 Å². The monoisotopic (exact) mass is 697 g/mol. The summed E-state index contributed by atoms with van der Waals surface area (Å²) in [4.78, 5) is 27.5. The quantitative estimate of drug-likeness (QED) is 0.146. The molecule has 1 saturated carbocycles. The molecule has 8 nitrogen and oxygen atoms in total. The second kappa shape index (κ2) is 14.4. The molecule has 8 rings (SSSR count). The molecule has 270 valence electrons. The lowest BCUT2D eigenvalue weighted by molar-refractivity contribution is -0.0668. The van der Waals surface area contributed by atoms with Crippen LogP contribution in [0.2, 0.25) is 0 Å². The van der Waals surface area contributed by atoms with Crippen LogP contribution in [0.4, 0.5) is 5.69 Å². The van der Waals surface area contributed by atoms with Crippen molar-refractivity contribution in [1.82, 2.24) is 19.8 Å². The summed E-state index contributed by atoms with van der Waals surface area (Å²) in [5.74, 6) is 2.58. The number of nitrogens with one attached hydrogen (secondary N) is 1. The second-order valence-electron chi connectivity index (χ2n) is 15.6. The lowest BCUT2D eigenvalue weighted by atomic mass is 9.59. The van der Waals surface area contributed by atoms with Gasteiger partial charge in [0.1, 0.15) is 22.9 Å². The van der Waals surface area contributed by atoms with Crippen molar-refractivity contribution < 1.29 is 14.3 Å². The largest absolute Gasteiger partial charge is 0.497 e. The molecule has 2 unspecified atom stereocenters. The van der Waals surface area contributed by atoms with Crippen molar-refractivity contribution >= 4 is 23.0 Å². The third-order valence-electron chi connectivity index (χ3n) is 12.3. The number of carbonyl (C=O) groups is 1. The average molecular weight is 698 g/mol. The first kappa shape index (κ1) is 34.4. The Labute approximate surface area is 307 Å². The molecule has 3 fully saturated rings. The molecule has 8 heteroatoms. The average Bonchev–Trinajstić information content (AvgIpc) is 3.65. The Morgan fingerprint density at radius 1 is 0.904 bits per heavy atom. The number of nitrogens with zero attached hydrogens (tertiary/aromatic N) is 4.